The van der Waals surface area contributed by atoms with Gasteiger partial charge in [-0.15, -0.1) is 0 Å². The highest BCUT2D eigenvalue weighted by molar-refractivity contribution is 5.32. The summed E-state index contributed by atoms with van der Waals surface area (Å²) in [5.41, 5.74) is 5.75. The van der Waals surface area contributed by atoms with Crippen molar-refractivity contribution >= 4 is 5.69 Å². The van der Waals surface area contributed by atoms with Gasteiger partial charge in [0.05, 0.1) is 5.69 Å². The Morgan fingerprint density at radius 3 is 2.00 bits per heavy atom. The Kier molecular flexibility index (Phi) is 10.6. The molecular formula is C14H28N2O. The van der Waals surface area contributed by atoms with E-state index in [1.807, 2.05) is 13.8 Å². The van der Waals surface area contributed by atoms with Gasteiger partial charge in [-0.1, -0.05) is 48.0 Å². The molecule has 0 radical (unpaired) electrons. The first-order valence-corrected chi connectivity index (χ1v) is 6.30. The van der Waals surface area contributed by atoms with Gasteiger partial charge < -0.3 is 10.7 Å². The van der Waals surface area contributed by atoms with E-state index in [0.717, 1.165) is 0 Å². The Morgan fingerprint density at radius 2 is 1.82 bits per heavy atom. The predicted molar refractivity (Wildman–Crippen MR) is 77.2 cm³/mol. The lowest BCUT2D eigenvalue weighted by atomic mass is 9.91. The number of nitrogens with one attached hydrogen (secondary N) is 1. The van der Waals surface area contributed by atoms with Gasteiger partial charge in [0, 0.05) is 6.20 Å². The van der Waals surface area contributed by atoms with Crippen LogP contribution in [-0.4, -0.2) is 4.98 Å². The maximum Gasteiger partial charge on any atom is 0.271 e. The van der Waals surface area contributed by atoms with Crippen LogP contribution in [0.4, 0.5) is 5.69 Å². The zero-order valence-electron chi connectivity index (χ0n) is 12.1. The van der Waals surface area contributed by atoms with E-state index in [-0.39, 0.29) is 11.2 Å². The van der Waals surface area contributed by atoms with E-state index in [1.54, 1.807) is 18.3 Å². The summed E-state index contributed by atoms with van der Waals surface area (Å²) in [6, 6.07) is 3.23. The Hall–Kier alpha value is -1.25. The van der Waals surface area contributed by atoms with Crippen molar-refractivity contribution in [3.63, 3.8) is 0 Å². The molecule has 0 aliphatic rings. The topological polar surface area (TPSA) is 58.9 Å². The SMILES string of the molecule is CC.CCCC(C)(C)C.Nc1ccc[nH]c1=O. The van der Waals surface area contributed by atoms with Crippen molar-refractivity contribution in [2.24, 2.45) is 5.41 Å². The second-order valence-corrected chi connectivity index (χ2v) is 4.77. The fraction of sp³-hybridized carbons (Fsp3) is 0.643. The van der Waals surface area contributed by atoms with Crippen molar-refractivity contribution in [3.05, 3.63) is 28.7 Å². The summed E-state index contributed by atoms with van der Waals surface area (Å²) in [4.78, 5) is 12.9. The number of anilines is 1. The van der Waals surface area contributed by atoms with Crippen LogP contribution < -0.4 is 11.3 Å². The normalized spacial score (nSPS) is 9.53. The maximum atomic E-state index is 10.4. The molecule has 17 heavy (non-hydrogen) atoms. The molecule has 1 aromatic rings. The smallest absolute Gasteiger partial charge is 0.271 e. The minimum Gasteiger partial charge on any atom is -0.394 e. The molecule has 0 bridgehead atoms. The average molecular weight is 240 g/mol. The Bertz CT molecular complexity index is 323. The maximum absolute atomic E-state index is 10.4. The standard InChI is InChI=1S/C7H16.C5H6N2O.C2H6/c1-5-6-7(2,3)4;6-4-2-1-3-7-5(4)8;1-2/h5-6H2,1-4H3;1-3H,6H2,(H,7,8);1-2H3. The minimum atomic E-state index is -0.229. The summed E-state index contributed by atoms with van der Waals surface area (Å²) in [6.45, 7) is 13.1. The van der Waals surface area contributed by atoms with Crippen LogP contribution in [0.1, 0.15) is 54.4 Å². The molecule has 0 fully saturated rings. The summed E-state index contributed by atoms with van der Waals surface area (Å²) in [7, 11) is 0. The first-order chi connectivity index (χ1) is 7.87. The number of rotatable bonds is 1. The number of aromatic amines is 1. The van der Waals surface area contributed by atoms with Gasteiger partial charge in [-0.2, -0.15) is 0 Å². The van der Waals surface area contributed by atoms with Crippen molar-refractivity contribution in [2.45, 2.75) is 54.4 Å². The largest absolute Gasteiger partial charge is 0.394 e. The highest BCUT2D eigenvalue weighted by Crippen LogP contribution is 2.19. The van der Waals surface area contributed by atoms with Crippen LogP contribution in [0.5, 0.6) is 0 Å². The van der Waals surface area contributed by atoms with E-state index in [1.165, 1.54) is 12.8 Å². The summed E-state index contributed by atoms with van der Waals surface area (Å²) in [5.74, 6) is 0. The number of nitrogens with two attached hydrogens (primary N) is 1. The van der Waals surface area contributed by atoms with Gasteiger partial charge in [0.1, 0.15) is 0 Å². The van der Waals surface area contributed by atoms with E-state index in [9.17, 15) is 4.79 Å². The summed E-state index contributed by atoms with van der Waals surface area (Å²) in [6.07, 6.45) is 4.19. The third kappa shape index (κ3) is 12.7. The first-order valence-electron chi connectivity index (χ1n) is 6.30. The fourth-order valence-electron chi connectivity index (χ4n) is 1.18. The molecule has 0 aromatic carbocycles. The lowest BCUT2D eigenvalue weighted by Crippen LogP contribution is -2.08. The van der Waals surface area contributed by atoms with Crippen molar-refractivity contribution in [1.29, 1.82) is 0 Å². The third-order valence-corrected chi connectivity index (χ3v) is 1.85. The van der Waals surface area contributed by atoms with Crippen LogP contribution >= 0.6 is 0 Å². The van der Waals surface area contributed by atoms with Crippen molar-refractivity contribution in [3.8, 4) is 0 Å². The Balaban J connectivity index is 0. The second kappa shape index (κ2) is 9.94. The van der Waals surface area contributed by atoms with Crippen molar-refractivity contribution in [2.75, 3.05) is 5.73 Å². The molecule has 0 spiro atoms. The van der Waals surface area contributed by atoms with Gasteiger partial charge in [-0.3, -0.25) is 4.79 Å². The molecule has 1 rings (SSSR count). The molecule has 1 aromatic heterocycles. The molecule has 3 nitrogen and oxygen atoms in total. The number of hydrogen-bond acceptors (Lipinski definition) is 2. The molecule has 100 valence electrons. The summed E-state index contributed by atoms with van der Waals surface area (Å²) < 4.78 is 0. The van der Waals surface area contributed by atoms with E-state index >= 15 is 0 Å². The van der Waals surface area contributed by atoms with Gasteiger partial charge in [-0.25, -0.2) is 0 Å². The first kappa shape index (κ1) is 18.1. The van der Waals surface area contributed by atoms with Crippen LogP contribution in [0.2, 0.25) is 0 Å². The number of pyridine rings is 1. The minimum absolute atomic E-state index is 0.229. The number of hydrogen-bond donors (Lipinski definition) is 2. The summed E-state index contributed by atoms with van der Waals surface area (Å²) in [5, 5.41) is 0. The molecule has 0 saturated heterocycles. The van der Waals surface area contributed by atoms with Crippen LogP contribution in [0.25, 0.3) is 0 Å². The number of nitrogen functional groups attached to an aromatic ring is 1. The van der Waals surface area contributed by atoms with Gasteiger partial charge >= 0.3 is 0 Å². The molecule has 0 unspecified atom stereocenters. The highest BCUT2D eigenvalue weighted by atomic mass is 16.1. The molecule has 0 atom stereocenters. The third-order valence-electron chi connectivity index (χ3n) is 1.85. The number of aromatic nitrogens is 1. The molecule has 0 aliphatic carbocycles. The molecule has 0 saturated carbocycles. The Labute approximate surface area is 105 Å². The zero-order valence-corrected chi connectivity index (χ0v) is 12.1. The Morgan fingerprint density at radius 1 is 1.29 bits per heavy atom. The van der Waals surface area contributed by atoms with E-state index in [4.69, 9.17) is 5.73 Å². The quantitative estimate of drug-likeness (QED) is 0.784. The van der Waals surface area contributed by atoms with Gasteiger partial charge in [-0.05, 0) is 24.0 Å². The van der Waals surface area contributed by atoms with E-state index in [0.29, 0.717) is 5.41 Å². The van der Waals surface area contributed by atoms with E-state index in [2.05, 4.69) is 32.7 Å². The van der Waals surface area contributed by atoms with Gasteiger partial charge in [0.15, 0.2) is 0 Å². The molecular weight excluding hydrogens is 212 g/mol. The van der Waals surface area contributed by atoms with Crippen molar-refractivity contribution < 1.29 is 0 Å². The molecule has 0 aliphatic heterocycles. The molecule has 0 amide bonds. The van der Waals surface area contributed by atoms with Crippen LogP contribution in [-0.2, 0) is 0 Å². The lowest BCUT2D eigenvalue weighted by Gasteiger charge is -2.15. The fourth-order valence-corrected chi connectivity index (χ4v) is 1.18. The van der Waals surface area contributed by atoms with Crippen LogP contribution in [0.3, 0.4) is 0 Å². The summed E-state index contributed by atoms with van der Waals surface area (Å²) >= 11 is 0. The predicted octanol–water partition coefficient (Wildman–Crippen LogP) is 3.82. The van der Waals surface area contributed by atoms with Crippen LogP contribution in [0, 0.1) is 5.41 Å². The van der Waals surface area contributed by atoms with Crippen LogP contribution in [0.15, 0.2) is 23.1 Å². The van der Waals surface area contributed by atoms with Gasteiger partial charge in [0.2, 0.25) is 0 Å². The average Bonchev–Trinajstić information content (AvgIpc) is 2.25. The molecule has 1 heterocycles. The monoisotopic (exact) mass is 240 g/mol. The zero-order chi connectivity index (χ0) is 13.9. The number of H-pyrrole nitrogens is 1. The van der Waals surface area contributed by atoms with Gasteiger partial charge in [0.25, 0.3) is 5.56 Å². The van der Waals surface area contributed by atoms with E-state index < -0.39 is 0 Å². The molecule has 3 N–H and O–H groups in total. The second-order valence-electron chi connectivity index (χ2n) is 4.77. The highest BCUT2D eigenvalue weighted by Gasteiger charge is 2.06. The lowest BCUT2D eigenvalue weighted by molar-refractivity contribution is 0.373. The molecule has 3 heteroatoms. The van der Waals surface area contributed by atoms with Crippen molar-refractivity contribution in [1.82, 2.24) is 4.98 Å².